The lowest BCUT2D eigenvalue weighted by Gasteiger charge is -2.18. The van der Waals surface area contributed by atoms with Gasteiger partial charge in [0.2, 0.25) is 0 Å². The SMILES string of the molecule is O=c1c2cc3c(cc2nc2ccc(Cl)cn12)OCCO3. The summed E-state index contributed by atoms with van der Waals surface area (Å²) in [5, 5.41) is 0.965. The van der Waals surface area contributed by atoms with Crippen molar-refractivity contribution in [1.29, 1.82) is 0 Å². The third-order valence-corrected chi connectivity index (χ3v) is 3.46. The molecule has 6 heteroatoms. The first kappa shape index (κ1) is 11.5. The summed E-state index contributed by atoms with van der Waals surface area (Å²) >= 11 is 5.92. The first-order valence-electron chi connectivity index (χ1n) is 6.14. The van der Waals surface area contributed by atoms with Gasteiger partial charge in [-0.3, -0.25) is 9.20 Å². The van der Waals surface area contributed by atoms with E-state index < -0.39 is 0 Å². The van der Waals surface area contributed by atoms with Crippen molar-refractivity contribution in [2.75, 3.05) is 13.2 Å². The minimum absolute atomic E-state index is 0.176. The van der Waals surface area contributed by atoms with E-state index in [0.717, 1.165) is 0 Å². The number of pyridine rings is 1. The normalized spacial score (nSPS) is 13.8. The van der Waals surface area contributed by atoms with Crippen LogP contribution in [-0.2, 0) is 0 Å². The fourth-order valence-electron chi connectivity index (χ4n) is 2.32. The van der Waals surface area contributed by atoms with Crippen LogP contribution in [0.25, 0.3) is 16.6 Å². The summed E-state index contributed by atoms with van der Waals surface area (Å²) in [6, 6.07) is 6.82. The zero-order chi connectivity index (χ0) is 13.7. The highest BCUT2D eigenvalue weighted by Gasteiger charge is 2.15. The molecule has 1 aliphatic heterocycles. The average Bonchev–Trinajstić information content (AvgIpc) is 2.47. The maximum Gasteiger partial charge on any atom is 0.265 e. The zero-order valence-corrected chi connectivity index (χ0v) is 11.1. The molecule has 5 nitrogen and oxygen atoms in total. The van der Waals surface area contributed by atoms with Crippen LogP contribution in [0.1, 0.15) is 0 Å². The molecule has 1 aliphatic rings. The molecule has 0 spiro atoms. The van der Waals surface area contributed by atoms with Crippen LogP contribution in [0.3, 0.4) is 0 Å². The summed E-state index contributed by atoms with van der Waals surface area (Å²) < 4.78 is 12.4. The molecule has 0 bridgehead atoms. The number of hydrogen-bond donors (Lipinski definition) is 0. The molecule has 0 amide bonds. The van der Waals surface area contributed by atoms with Gasteiger partial charge in [-0.2, -0.15) is 0 Å². The minimum Gasteiger partial charge on any atom is -0.486 e. The summed E-state index contributed by atoms with van der Waals surface area (Å²) in [5.74, 6) is 1.19. The van der Waals surface area contributed by atoms with Gasteiger partial charge in [-0.15, -0.1) is 0 Å². The molecular formula is C14H9ClN2O3. The first-order chi connectivity index (χ1) is 9.72. The lowest BCUT2D eigenvalue weighted by molar-refractivity contribution is 0.172. The minimum atomic E-state index is -0.176. The Morgan fingerprint density at radius 1 is 1.15 bits per heavy atom. The van der Waals surface area contributed by atoms with Gasteiger partial charge in [0.1, 0.15) is 18.9 Å². The Hall–Kier alpha value is -2.27. The molecule has 0 radical (unpaired) electrons. The molecule has 0 fully saturated rings. The Bertz CT molecular complexity index is 904. The lowest BCUT2D eigenvalue weighted by atomic mass is 10.2. The predicted molar refractivity (Wildman–Crippen MR) is 75.0 cm³/mol. The Morgan fingerprint density at radius 2 is 1.90 bits per heavy atom. The van der Waals surface area contributed by atoms with Crippen molar-refractivity contribution in [2.45, 2.75) is 0 Å². The molecule has 3 heterocycles. The highest BCUT2D eigenvalue weighted by atomic mass is 35.5. The number of aromatic nitrogens is 2. The van der Waals surface area contributed by atoms with Gasteiger partial charge in [0, 0.05) is 12.3 Å². The summed E-state index contributed by atoms with van der Waals surface area (Å²) in [6.45, 7) is 0.980. The molecule has 0 N–H and O–H groups in total. The van der Waals surface area contributed by atoms with E-state index in [9.17, 15) is 4.79 Å². The topological polar surface area (TPSA) is 52.8 Å². The van der Waals surface area contributed by atoms with E-state index >= 15 is 0 Å². The molecule has 0 atom stereocenters. The maximum absolute atomic E-state index is 12.5. The van der Waals surface area contributed by atoms with Gasteiger partial charge in [0.15, 0.2) is 11.5 Å². The smallest absolute Gasteiger partial charge is 0.265 e. The Kier molecular flexibility index (Phi) is 2.37. The van der Waals surface area contributed by atoms with Crippen molar-refractivity contribution in [1.82, 2.24) is 9.38 Å². The summed E-state index contributed by atoms with van der Waals surface area (Å²) in [4.78, 5) is 17.0. The molecular weight excluding hydrogens is 280 g/mol. The lowest BCUT2D eigenvalue weighted by Crippen LogP contribution is -2.18. The number of fused-ring (bicyclic) bond motifs is 3. The number of nitrogens with zero attached hydrogens (tertiary/aromatic N) is 2. The van der Waals surface area contributed by atoms with Crippen molar-refractivity contribution >= 4 is 28.2 Å². The van der Waals surface area contributed by atoms with Crippen LogP contribution in [0.4, 0.5) is 0 Å². The van der Waals surface area contributed by atoms with Crippen molar-refractivity contribution < 1.29 is 9.47 Å². The first-order valence-corrected chi connectivity index (χ1v) is 6.51. The number of halogens is 1. The number of hydrogen-bond acceptors (Lipinski definition) is 4. The van der Waals surface area contributed by atoms with E-state index in [1.54, 1.807) is 30.5 Å². The van der Waals surface area contributed by atoms with E-state index in [1.165, 1.54) is 4.40 Å². The van der Waals surface area contributed by atoms with Gasteiger partial charge in [0.05, 0.1) is 15.9 Å². The molecule has 0 saturated carbocycles. The van der Waals surface area contributed by atoms with Gasteiger partial charge in [0.25, 0.3) is 5.56 Å². The summed E-state index contributed by atoms with van der Waals surface area (Å²) in [7, 11) is 0. The van der Waals surface area contributed by atoms with Crippen LogP contribution >= 0.6 is 11.6 Å². The van der Waals surface area contributed by atoms with Crippen LogP contribution in [-0.4, -0.2) is 22.6 Å². The molecule has 0 saturated heterocycles. The summed E-state index contributed by atoms with van der Waals surface area (Å²) in [5.41, 5.74) is 0.953. The molecule has 0 aliphatic carbocycles. The van der Waals surface area contributed by atoms with Crippen LogP contribution in [0.15, 0.2) is 35.3 Å². The van der Waals surface area contributed by atoms with E-state index in [0.29, 0.717) is 46.3 Å². The number of benzene rings is 1. The van der Waals surface area contributed by atoms with E-state index in [-0.39, 0.29) is 5.56 Å². The molecule has 4 rings (SSSR count). The quantitative estimate of drug-likeness (QED) is 0.596. The monoisotopic (exact) mass is 288 g/mol. The Morgan fingerprint density at radius 3 is 2.70 bits per heavy atom. The van der Waals surface area contributed by atoms with Gasteiger partial charge >= 0.3 is 0 Å². The second-order valence-corrected chi connectivity index (χ2v) is 4.94. The van der Waals surface area contributed by atoms with Gasteiger partial charge in [-0.1, -0.05) is 11.6 Å². The van der Waals surface area contributed by atoms with Crippen molar-refractivity contribution in [3.05, 3.63) is 45.8 Å². The van der Waals surface area contributed by atoms with Gasteiger partial charge in [-0.25, -0.2) is 4.98 Å². The van der Waals surface area contributed by atoms with Gasteiger partial charge in [-0.05, 0) is 18.2 Å². The fourth-order valence-corrected chi connectivity index (χ4v) is 2.48. The third-order valence-electron chi connectivity index (χ3n) is 3.24. The number of rotatable bonds is 0. The van der Waals surface area contributed by atoms with Crippen molar-refractivity contribution in [3.8, 4) is 11.5 Å². The predicted octanol–water partition coefficient (Wildman–Crippen LogP) is 2.27. The zero-order valence-electron chi connectivity index (χ0n) is 10.3. The fraction of sp³-hybridized carbons (Fsp3) is 0.143. The van der Waals surface area contributed by atoms with Crippen molar-refractivity contribution in [3.63, 3.8) is 0 Å². The van der Waals surface area contributed by atoms with Crippen LogP contribution in [0.2, 0.25) is 5.02 Å². The van der Waals surface area contributed by atoms with Crippen LogP contribution in [0.5, 0.6) is 11.5 Å². The average molecular weight is 289 g/mol. The molecule has 0 unspecified atom stereocenters. The molecule has 2 aromatic heterocycles. The largest absolute Gasteiger partial charge is 0.486 e. The van der Waals surface area contributed by atoms with E-state index in [1.807, 2.05) is 0 Å². The highest BCUT2D eigenvalue weighted by Crippen LogP contribution is 2.32. The second-order valence-electron chi connectivity index (χ2n) is 4.51. The molecule has 20 heavy (non-hydrogen) atoms. The molecule has 3 aromatic rings. The Balaban J connectivity index is 2.13. The van der Waals surface area contributed by atoms with Crippen molar-refractivity contribution in [2.24, 2.45) is 0 Å². The Labute approximate surface area is 118 Å². The van der Waals surface area contributed by atoms with Crippen LogP contribution < -0.4 is 15.0 Å². The molecule has 100 valence electrons. The van der Waals surface area contributed by atoms with E-state index in [2.05, 4.69) is 4.98 Å². The number of ether oxygens (including phenoxy) is 2. The van der Waals surface area contributed by atoms with Gasteiger partial charge < -0.3 is 9.47 Å². The maximum atomic E-state index is 12.5. The second kappa shape index (κ2) is 4.11. The highest BCUT2D eigenvalue weighted by molar-refractivity contribution is 6.30. The molecule has 1 aromatic carbocycles. The van der Waals surface area contributed by atoms with Crippen LogP contribution in [0, 0.1) is 0 Å². The third kappa shape index (κ3) is 1.63. The standard InChI is InChI=1S/C14H9ClN2O3/c15-8-1-2-13-16-10-6-12-11(19-3-4-20-12)5-9(10)14(18)17(13)7-8/h1-2,5-7H,3-4H2. The van der Waals surface area contributed by atoms with E-state index in [4.69, 9.17) is 21.1 Å². The summed E-state index contributed by atoms with van der Waals surface area (Å²) in [6.07, 6.45) is 1.56.